The van der Waals surface area contributed by atoms with E-state index in [0.717, 1.165) is 5.56 Å². The molecule has 0 radical (unpaired) electrons. The summed E-state index contributed by atoms with van der Waals surface area (Å²) in [6.45, 7) is 4.10. The summed E-state index contributed by atoms with van der Waals surface area (Å²) in [5, 5.41) is 8.57. The molecule has 0 unspecified atom stereocenters. The highest BCUT2D eigenvalue weighted by Gasteiger charge is 2.23. The van der Waals surface area contributed by atoms with E-state index >= 15 is 0 Å². The van der Waals surface area contributed by atoms with E-state index < -0.39 is 10.0 Å². The largest absolute Gasteiger partial charge is 0.496 e. The van der Waals surface area contributed by atoms with E-state index in [-0.39, 0.29) is 17.9 Å². The number of nitriles is 1. The molecule has 0 aliphatic carbocycles. The van der Waals surface area contributed by atoms with Crippen LogP contribution in [0.25, 0.3) is 0 Å². The Kier molecular flexibility index (Phi) is 5.33. The Morgan fingerprint density at radius 3 is 2.58 bits per heavy atom. The van der Waals surface area contributed by atoms with Crippen molar-refractivity contribution >= 4 is 10.0 Å². The van der Waals surface area contributed by atoms with Crippen LogP contribution in [0, 0.1) is 18.3 Å². The molecular weight excluding hydrogens is 264 g/mol. The molecule has 0 spiro atoms. The maximum atomic E-state index is 12.4. The lowest BCUT2D eigenvalue weighted by Crippen LogP contribution is -2.31. The average molecular weight is 282 g/mol. The van der Waals surface area contributed by atoms with E-state index in [1.54, 1.807) is 33.1 Å². The first kappa shape index (κ1) is 15.5. The number of hydrogen-bond donors (Lipinski definition) is 0. The van der Waals surface area contributed by atoms with Crippen LogP contribution in [-0.4, -0.2) is 32.9 Å². The molecule has 0 N–H and O–H groups in total. The van der Waals surface area contributed by atoms with Crippen molar-refractivity contribution in [3.8, 4) is 11.8 Å². The van der Waals surface area contributed by atoms with Crippen molar-refractivity contribution in [3.63, 3.8) is 0 Å². The van der Waals surface area contributed by atoms with Crippen molar-refractivity contribution < 1.29 is 13.2 Å². The molecule has 0 amide bonds. The van der Waals surface area contributed by atoms with Gasteiger partial charge in [-0.2, -0.15) is 9.57 Å². The van der Waals surface area contributed by atoms with Crippen LogP contribution in [-0.2, 0) is 10.0 Å². The third kappa shape index (κ3) is 3.46. The minimum Gasteiger partial charge on any atom is -0.496 e. The van der Waals surface area contributed by atoms with Gasteiger partial charge in [0.05, 0.1) is 18.1 Å². The van der Waals surface area contributed by atoms with Crippen LogP contribution in [0.15, 0.2) is 23.1 Å². The monoisotopic (exact) mass is 282 g/mol. The van der Waals surface area contributed by atoms with E-state index in [2.05, 4.69) is 0 Å². The van der Waals surface area contributed by atoms with Gasteiger partial charge < -0.3 is 4.74 Å². The van der Waals surface area contributed by atoms with Crippen molar-refractivity contribution in [2.24, 2.45) is 0 Å². The zero-order valence-corrected chi connectivity index (χ0v) is 12.2. The third-order valence-corrected chi connectivity index (χ3v) is 4.80. The highest BCUT2D eigenvalue weighted by Crippen LogP contribution is 2.23. The van der Waals surface area contributed by atoms with Crippen molar-refractivity contribution in [1.82, 2.24) is 4.31 Å². The number of methoxy groups -OCH3 is 1. The predicted molar refractivity (Wildman–Crippen MR) is 72.4 cm³/mol. The summed E-state index contributed by atoms with van der Waals surface area (Å²) in [6.07, 6.45) is 0.183. The molecule has 0 aromatic heterocycles. The third-order valence-electron chi connectivity index (χ3n) is 2.83. The first-order valence-electron chi connectivity index (χ1n) is 5.99. The number of aryl methyl sites for hydroxylation is 1. The second-order valence-electron chi connectivity index (χ2n) is 4.04. The van der Waals surface area contributed by atoms with E-state index in [0.29, 0.717) is 12.3 Å². The van der Waals surface area contributed by atoms with Crippen molar-refractivity contribution in [1.29, 1.82) is 5.26 Å². The SMILES string of the molecule is CCN(CCC#N)S(=O)(=O)c1ccc(OC)c(C)c1. The molecule has 19 heavy (non-hydrogen) atoms. The summed E-state index contributed by atoms with van der Waals surface area (Å²) in [7, 11) is -2.00. The Balaban J connectivity index is 3.12. The van der Waals surface area contributed by atoms with Gasteiger partial charge in [0.15, 0.2) is 0 Å². The zero-order valence-electron chi connectivity index (χ0n) is 11.4. The molecule has 0 saturated carbocycles. The topological polar surface area (TPSA) is 70.4 Å². The quantitative estimate of drug-likeness (QED) is 0.799. The molecule has 0 heterocycles. The summed E-state index contributed by atoms with van der Waals surface area (Å²) < 4.78 is 31.2. The van der Waals surface area contributed by atoms with Crippen molar-refractivity contribution in [2.45, 2.75) is 25.2 Å². The number of benzene rings is 1. The molecule has 0 saturated heterocycles. The molecule has 6 heteroatoms. The molecule has 0 fully saturated rings. The Hall–Kier alpha value is -1.58. The predicted octanol–water partition coefficient (Wildman–Crippen LogP) is 1.93. The summed E-state index contributed by atoms with van der Waals surface area (Å²) in [6, 6.07) is 6.71. The fraction of sp³-hybridized carbons (Fsp3) is 0.462. The van der Waals surface area contributed by atoms with Crippen LogP contribution in [0.5, 0.6) is 5.75 Å². The molecule has 0 atom stereocenters. The smallest absolute Gasteiger partial charge is 0.243 e. The lowest BCUT2D eigenvalue weighted by Gasteiger charge is -2.19. The van der Waals surface area contributed by atoms with Crippen LogP contribution < -0.4 is 4.74 Å². The Morgan fingerprint density at radius 2 is 2.11 bits per heavy atom. The Labute approximate surface area is 114 Å². The zero-order chi connectivity index (χ0) is 14.5. The molecule has 1 rings (SSSR count). The van der Waals surface area contributed by atoms with Gasteiger partial charge in [0, 0.05) is 19.5 Å². The molecule has 0 aliphatic heterocycles. The Morgan fingerprint density at radius 1 is 1.42 bits per heavy atom. The Bertz CT molecular complexity index is 576. The minimum atomic E-state index is -3.54. The van der Waals surface area contributed by atoms with Gasteiger partial charge in [-0.15, -0.1) is 0 Å². The molecule has 0 bridgehead atoms. The first-order chi connectivity index (χ1) is 8.97. The molecule has 1 aromatic carbocycles. The maximum Gasteiger partial charge on any atom is 0.243 e. The summed E-state index contributed by atoms with van der Waals surface area (Å²) >= 11 is 0. The van der Waals surface area contributed by atoms with Gasteiger partial charge in [0.25, 0.3) is 0 Å². The van der Waals surface area contributed by atoms with Crippen LogP contribution in [0.2, 0.25) is 0 Å². The van der Waals surface area contributed by atoms with Crippen LogP contribution >= 0.6 is 0 Å². The number of ether oxygens (including phenoxy) is 1. The number of nitrogens with zero attached hydrogens (tertiary/aromatic N) is 2. The van der Waals surface area contributed by atoms with Gasteiger partial charge in [-0.25, -0.2) is 8.42 Å². The second-order valence-corrected chi connectivity index (χ2v) is 5.97. The average Bonchev–Trinajstić information content (AvgIpc) is 2.39. The number of hydrogen-bond acceptors (Lipinski definition) is 4. The number of sulfonamides is 1. The highest BCUT2D eigenvalue weighted by atomic mass is 32.2. The second kappa shape index (κ2) is 6.55. The van der Waals surface area contributed by atoms with Crippen LogP contribution in [0.3, 0.4) is 0 Å². The molecule has 1 aromatic rings. The van der Waals surface area contributed by atoms with E-state index in [1.807, 2.05) is 6.07 Å². The molecule has 0 aliphatic rings. The first-order valence-corrected chi connectivity index (χ1v) is 7.43. The van der Waals surface area contributed by atoms with Crippen molar-refractivity contribution in [3.05, 3.63) is 23.8 Å². The van der Waals surface area contributed by atoms with Crippen LogP contribution in [0.4, 0.5) is 0 Å². The van der Waals surface area contributed by atoms with Gasteiger partial charge >= 0.3 is 0 Å². The molecular formula is C13H18N2O3S. The molecule has 5 nitrogen and oxygen atoms in total. The number of rotatable bonds is 6. The summed E-state index contributed by atoms with van der Waals surface area (Å²) in [5.41, 5.74) is 0.764. The fourth-order valence-corrected chi connectivity index (χ4v) is 3.32. The standard InChI is InChI=1S/C13H18N2O3S/c1-4-15(9-5-8-14)19(16,17)12-6-7-13(18-3)11(2)10-12/h6-7,10H,4-5,9H2,1-3H3. The van der Waals surface area contributed by atoms with Gasteiger partial charge in [0.2, 0.25) is 10.0 Å². The lowest BCUT2D eigenvalue weighted by molar-refractivity contribution is 0.410. The van der Waals surface area contributed by atoms with E-state index in [9.17, 15) is 8.42 Å². The van der Waals surface area contributed by atoms with Gasteiger partial charge in [-0.3, -0.25) is 0 Å². The fourth-order valence-electron chi connectivity index (χ4n) is 1.78. The van der Waals surface area contributed by atoms with E-state index in [1.165, 1.54) is 10.4 Å². The summed E-state index contributed by atoms with van der Waals surface area (Å²) in [4.78, 5) is 0.227. The maximum absolute atomic E-state index is 12.4. The van der Waals surface area contributed by atoms with Gasteiger partial charge in [-0.05, 0) is 30.7 Å². The minimum absolute atomic E-state index is 0.183. The normalized spacial score (nSPS) is 11.3. The summed E-state index contributed by atoms with van der Waals surface area (Å²) in [5.74, 6) is 0.652. The van der Waals surface area contributed by atoms with Crippen molar-refractivity contribution in [2.75, 3.05) is 20.2 Å². The van der Waals surface area contributed by atoms with Gasteiger partial charge in [-0.1, -0.05) is 6.92 Å². The molecule has 104 valence electrons. The van der Waals surface area contributed by atoms with E-state index in [4.69, 9.17) is 10.00 Å². The highest BCUT2D eigenvalue weighted by molar-refractivity contribution is 7.89. The van der Waals surface area contributed by atoms with Gasteiger partial charge in [0.1, 0.15) is 5.75 Å². The lowest BCUT2D eigenvalue weighted by atomic mass is 10.2. The van der Waals surface area contributed by atoms with Crippen LogP contribution in [0.1, 0.15) is 18.9 Å².